The van der Waals surface area contributed by atoms with Crippen LogP contribution in [0.4, 0.5) is 5.69 Å². The van der Waals surface area contributed by atoms with E-state index in [-0.39, 0.29) is 43.3 Å². The largest absolute Gasteiger partial charge is 0.455 e. The summed E-state index contributed by atoms with van der Waals surface area (Å²) < 4.78 is 18.3. The van der Waals surface area contributed by atoms with Crippen LogP contribution in [0.1, 0.15) is 30.9 Å². The second-order valence-electron chi connectivity index (χ2n) is 12.4. The first-order chi connectivity index (χ1) is 23.6. The lowest BCUT2D eigenvalue weighted by atomic mass is 9.70. The van der Waals surface area contributed by atoms with Crippen LogP contribution in [0.5, 0.6) is 0 Å². The third kappa shape index (κ3) is 7.20. The van der Waals surface area contributed by atoms with Crippen molar-refractivity contribution in [3.63, 3.8) is 0 Å². The third-order valence-corrected chi connectivity index (χ3v) is 10.5. The molecule has 3 saturated heterocycles. The van der Waals surface area contributed by atoms with Crippen molar-refractivity contribution < 1.29 is 38.5 Å². The maximum atomic E-state index is 14.6. The van der Waals surface area contributed by atoms with Gasteiger partial charge in [0.1, 0.15) is 17.7 Å². The van der Waals surface area contributed by atoms with Crippen LogP contribution in [-0.2, 0) is 33.4 Å². The average Bonchev–Trinajstić information content (AvgIpc) is 3.69. The van der Waals surface area contributed by atoms with Crippen molar-refractivity contribution in [1.29, 1.82) is 0 Å². The highest BCUT2D eigenvalue weighted by Gasteiger charge is 2.77. The maximum Gasteiger partial charge on any atom is 0.313 e. The normalized spacial score (nSPS) is 26.5. The van der Waals surface area contributed by atoms with Crippen LogP contribution in [0.3, 0.4) is 0 Å². The number of carbonyl (C=O) groups excluding carboxylic acids is 4. The fourth-order valence-corrected chi connectivity index (χ4v) is 8.44. The number of halogens is 2. The second kappa shape index (κ2) is 16.0. The number of β-amino-alcohol motifs (C(OH)–C–C–N with tert-alkyl or cyclic N) is 1. The minimum atomic E-state index is -1.38. The molecular formula is C36H41BrClN3O8. The monoisotopic (exact) mass is 757 g/mol. The number of anilines is 1. The number of hydrogen-bond donors (Lipinski definition) is 2. The minimum absolute atomic E-state index is 0.0370. The summed E-state index contributed by atoms with van der Waals surface area (Å²) in [4.78, 5) is 58.5. The third-order valence-electron chi connectivity index (χ3n) is 9.36. The first-order valence-electron chi connectivity index (χ1n) is 16.2. The SMILES string of the molecule is C=CCCC(=O)N[C@H](COC)[C@H](OC(=O)[C@@H]1[C@H]2O[C@@]3(CC2Br)[C@H](C(=O)N(CC=C)c2ccc(Cl)cc2)N(CCO)C(=O)[C@@H]13)c1ccccc1. The van der Waals surface area contributed by atoms with E-state index >= 15 is 0 Å². The zero-order chi connectivity index (χ0) is 35.3. The number of alkyl halides is 1. The van der Waals surface area contributed by atoms with Gasteiger partial charge < -0.3 is 34.4 Å². The summed E-state index contributed by atoms with van der Waals surface area (Å²) in [5.74, 6) is -4.03. The number of esters is 1. The molecule has 2 N–H and O–H groups in total. The van der Waals surface area contributed by atoms with Crippen LogP contribution in [0.2, 0.25) is 5.02 Å². The number of allylic oxidation sites excluding steroid dienone is 1. The molecule has 262 valence electrons. The molecule has 2 aromatic carbocycles. The van der Waals surface area contributed by atoms with Crippen molar-refractivity contribution >= 4 is 56.9 Å². The predicted octanol–water partition coefficient (Wildman–Crippen LogP) is 3.98. The van der Waals surface area contributed by atoms with Gasteiger partial charge in [0.05, 0.1) is 37.2 Å². The molecule has 0 radical (unpaired) electrons. The van der Waals surface area contributed by atoms with Crippen LogP contribution < -0.4 is 10.2 Å². The molecule has 0 aromatic heterocycles. The van der Waals surface area contributed by atoms with Gasteiger partial charge in [-0.25, -0.2) is 0 Å². The molecule has 0 aliphatic carbocycles. The molecule has 1 unspecified atom stereocenters. The molecule has 2 aromatic rings. The van der Waals surface area contributed by atoms with Crippen LogP contribution >= 0.6 is 27.5 Å². The first-order valence-corrected chi connectivity index (χ1v) is 17.5. The van der Waals surface area contributed by atoms with Gasteiger partial charge in [-0.1, -0.05) is 70.0 Å². The molecular weight excluding hydrogens is 718 g/mol. The minimum Gasteiger partial charge on any atom is -0.455 e. The molecule has 8 atom stereocenters. The maximum absolute atomic E-state index is 14.6. The van der Waals surface area contributed by atoms with E-state index in [0.29, 0.717) is 22.7 Å². The van der Waals surface area contributed by atoms with E-state index in [0.717, 1.165) is 0 Å². The molecule has 11 nitrogen and oxygen atoms in total. The quantitative estimate of drug-likeness (QED) is 0.149. The average molecular weight is 759 g/mol. The number of nitrogens with one attached hydrogen (secondary N) is 1. The van der Waals surface area contributed by atoms with Crippen molar-refractivity contribution in [3.05, 3.63) is 90.5 Å². The molecule has 3 heterocycles. The van der Waals surface area contributed by atoms with Crippen molar-refractivity contribution in [2.75, 3.05) is 38.3 Å². The number of aliphatic hydroxyl groups is 1. The number of benzene rings is 2. The number of likely N-dealkylation sites (tertiary alicyclic amines) is 1. The summed E-state index contributed by atoms with van der Waals surface area (Å²) in [5.41, 5.74) is -0.230. The molecule has 3 amide bonds. The first kappa shape index (κ1) is 36.7. The van der Waals surface area contributed by atoms with E-state index in [2.05, 4.69) is 34.4 Å². The van der Waals surface area contributed by atoms with Gasteiger partial charge in [-0.2, -0.15) is 0 Å². The van der Waals surface area contributed by atoms with Gasteiger partial charge in [0, 0.05) is 42.2 Å². The van der Waals surface area contributed by atoms with E-state index < -0.39 is 66.1 Å². The zero-order valence-corrected chi connectivity index (χ0v) is 29.6. The van der Waals surface area contributed by atoms with Gasteiger partial charge >= 0.3 is 5.97 Å². The van der Waals surface area contributed by atoms with E-state index in [1.165, 1.54) is 16.9 Å². The Bertz CT molecular complexity index is 1540. The molecule has 3 aliphatic rings. The number of amides is 3. The van der Waals surface area contributed by atoms with Crippen LogP contribution in [0, 0.1) is 11.8 Å². The number of hydrogen-bond acceptors (Lipinski definition) is 8. The highest BCUT2D eigenvalue weighted by molar-refractivity contribution is 9.09. The highest BCUT2D eigenvalue weighted by atomic mass is 79.9. The lowest BCUT2D eigenvalue weighted by molar-refractivity contribution is -0.163. The van der Waals surface area contributed by atoms with Crippen molar-refractivity contribution in [1.82, 2.24) is 10.2 Å². The number of aliphatic hydroxyl groups excluding tert-OH is 1. The topological polar surface area (TPSA) is 135 Å². The number of nitrogens with zero attached hydrogens (tertiary/aromatic N) is 2. The Morgan fingerprint density at radius 2 is 1.90 bits per heavy atom. The Hall–Kier alpha value is -3.55. The van der Waals surface area contributed by atoms with Crippen molar-refractivity contribution in [2.45, 2.75) is 54.0 Å². The number of fused-ring (bicyclic) bond motifs is 1. The van der Waals surface area contributed by atoms with E-state index in [4.69, 9.17) is 25.8 Å². The van der Waals surface area contributed by atoms with Gasteiger partial charge in [0.25, 0.3) is 5.91 Å². The number of ether oxygens (including phenoxy) is 3. The lowest BCUT2D eigenvalue weighted by Crippen LogP contribution is -2.57. The molecule has 5 rings (SSSR count). The molecule has 3 aliphatic heterocycles. The number of rotatable bonds is 16. The van der Waals surface area contributed by atoms with Crippen molar-refractivity contribution in [3.8, 4) is 0 Å². The van der Waals surface area contributed by atoms with Gasteiger partial charge in [-0.05, 0) is 42.7 Å². The second-order valence-corrected chi connectivity index (χ2v) is 14.0. The molecule has 3 fully saturated rings. The number of carbonyl (C=O) groups is 4. The molecule has 1 spiro atoms. The Morgan fingerprint density at radius 3 is 2.53 bits per heavy atom. The summed E-state index contributed by atoms with van der Waals surface area (Å²) in [6, 6.07) is 13.8. The van der Waals surface area contributed by atoms with E-state index in [9.17, 15) is 24.3 Å². The summed E-state index contributed by atoms with van der Waals surface area (Å²) in [5, 5.41) is 13.5. The summed E-state index contributed by atoms with van der Waals surface area (Å²) in [6.45, 7) is 7.11. The number of methoxy groups -OCH3 is 1. The fraction of sp³-hybridized carbons (Fsp3) is 0.444. The smallest absolute Gasteiger partial charge is 0.313 e. The molecule has 49 heavy (non-hydrogen) atoms. The molecule has 0 saturated carbocycles. The Labute approximate surface area is 299 Å². The predicted molar refractivity (Wildman–Crippen MR) is 187 cm³/mol. The Morgan fingerprint density at radius 1 is 1.18 bits per heavy atom. The highest BCUT2D eigenvalue weighted by Crippen LogP contribution is 2.60. The standard InChI is InChI=1S/C36H41BrClN3O8/c1-4-6-12-27(43)39-26(21-47-3)30(22-10-8-7-9-11-22)48-35(46)28-29-33(44)41(18-19-42)32(36(29)20-25(37)31(28)49-36)34(45)40(17-5-2)24-15-13-23(38)14-16-24/h4-5,7-11,13-16,25-26,28-32,42H,1-2,6,12,17-21H2,3H3,(H,39,43)/t25?,26-,28+,29-,30-,31+,32+,36-/m1/s1. The Balaban J connectivity index is 1.50. The van der Waals surface area contributed by atoms with E-state index in [1.807, 2.05) is 6.07 Å². The van der Waals surface area contributed by atoms with Gasteiger partial charge in [0.15, 0.2) is 0 Å². The summed E-state index contributed by atoms with van der Waals surface area (Å²) >= 11 is 9.80. The van der Waals surface area contributed by atoms with Gasteiger partial charge in [-0.15, -0.1) is 13.2 Å². The van der Waals surface area contributed by atoms with Crippen LogP contribution in [0.25, 0.3) is 0 Å². The Kier molecular flexibility index (Phi) is 12.0. The molecule has 2 bridgehead atoms. The van der Waals surface area contributed by atoms with Crippen molar-refractivity contribution in [2.24, 2.45) is 11.8 Å². The lowest BCUT2D eigenvalue weighted by Gasteiger charge is -2.37. The summed E-state index contributed by atoms with van der Waals surface area (Å²) in [6.07, 6.45) is 2.39. The van der Waals surface area contributed by atoms with Gasteiger partial charge in [-0.3, -0.25) is 19.2 Å². The molecule has 13 heteroatoms. The van der Waals surface area contributed by atoms with Gasteiger partial charge in [0.2, 0.25) is 11.8 Å². The zero-order valence-electron chi connectivity index (χ0n) is 27.2. The fourth-order valence-electron chi connectivity index (χ4n) is 7.37. The summed E-state index contributed by atoms with van der Waals surface area (Å²) in [7, 11) is 1.49. The van der Waals surface area contributed by atoms with Crippen LogP contribution in [0.15, 0.2) is 79.9 Å². The van der Waals surface area contributed by atoms with Crippen LogP contribution in [-0.4, -0.2) is 95.7 Å². The van der Waals surface area contributed by atoms with E-state index in [1.54, 1.807) is 60.7 Å².